The van der Waals surface area contributed by atoms with E-state index >= 15 is 0 Å². The van der Waals surface area contributed by atoms with Crippen molar-refractivity contribution in [2.24, 2.45) is 5.92 Å². The summed E-state index contributed by atoms with van der Waals surface area (Å²) in [5, 5.41) is 24.3. The maximum Gasteiger partial charge on any atom is 0.337 e. The Balaban J connectivity index is 2.13. The molecular weight excluding hydrogens is 718 g/mol. The molecule has 0 aromatic heterocycles. The molecule has 12 heteroatoms. The molecule has 0 heterocycles. The van der Waals surface area contributed by atoms with Crippen molar-refractivity contribution in [3.63, 3.8) is 0 Å². The van der Waals surface area contributed by atoms with Crippen LogP contribution in [0.25, 0.3) is 0 Å². The van der Waals surface area contributed by atoms with E-state index in [1.54, 1.807) is 37.3 Å². The minimum atomic E-state index is -2.95. The molecule has 0 saturated heterocycles. The monoisotopic (exact) mass is 777 g/mol. The summed E-state index contributed by atoms with van der Waals surface area (Å²) in [7, 11) is 1.15. The number of Topliss-reactive ketones (excluding diaryl/α,β-unsaturated/α-hetero) is 1. The van der Waals surface area contributed by atoms with E-state index in [4.69, 9.17) is 18.9 Å². The van der Waals surface area contributed by atoms with Crippen LogP contribution in [0.2, 0.25) is 0 Å². The van der Waals surface area contributed by atoms with Crippen LogP contribution >= 0.6 is 0 Å². The molecule has 0 unspecified atom stereocenters. The smallest absolute Gasteiger partial charge is 0.337 e. The molecule has 1 amide bonds. The van der Waals surface area contributed by atoms with Gasteiger partial charge >= 0.3 is 17.9 Å². The molecule has 3 N–H and O–H groups in total. The van der Waals surface area contributed by atoms with Gasteiger partial charge in [-0.15, -0.1) is 5.92 Å². The third-order valence-electron chi connectivity index (χ3n) is 9.11. The highest BCUT2D eigenvalue weighted by atomic mass is 16.7. The number of carboxylic acids is 1. The van der Waals surface area contributed by atoms with E-state index < -0.39 is 54.6 Å². The third kappa shape index (κ3) is 18.6. The van der Waals surface area contributed by atoms with Crippen molar-refractivity contribution < 1.29 is 53.1 Å². The molecular formula is C44H59NO11. The summed E-state index contributed by atoms with van der Waals surface area (Å²) < 4.78 is 20.9. The summed E-state index contributed by atoms with van der Waals surface area (Å²) in [5.41, 5.74) is -1.50. The van der Waals surface area contributed by atoms with Crippen LogP contribution in [0, 0.1) is 17.8 Å². The van der Waals surface area contributed by atoms with Gasteiger partial charge in [-0.1, -0.05) is 106 Å². The van der Waals surface area contributed by atoms with Crippen molar-refractivity contribution in [3.8, 4) is 17.6 Å². The lowest BCUT2D eigenvalue weighted by molar-refractivity contribution is -0.178. The van der Waals surface area contributed by atoms with Gasteiger partial charge < -0.3 is 34.5 Å². The van der Waals surface area contributed by atoms with E-state index in [-0.39, 0.29) is 25.4 Å². The van der Waals surface area contributed by atoms with E-state index in [0.717, 1.165) is 57.6 Å². The number of carbonyl (C=O) groups is 5. The number of nitrogens with one attached hydrogen (secondary N) is 1. The summed E-state index contributed by atoms with van der Waals surface area (Å²) in [4.78, 5) is 64.4. The summed E-state index contributed by atoms with van der Waals surface area (Å²) in [6.07, 6.45) is 11.9. The van der Waals surface area contributed by atoms with E-state index in [0.29, 0.717) is 37.0 Å². The number of amides is 1. The highest BCUT2D eigenvalue weighted by Gasteiger charge is 2.49. The zero-order valence-electron chi connectivity index (χ0n) is 33.1. The molecule has 0 fully saturated rings. The molecule has 0 bridgehead atoms. The third-order valence-corrected chi connectivity index (χ3v) is 9.11. The van der Waals surface area contributed by atoms with Crippen LogP contribution in [0.15, 0.2) is 66.7 Å². The molecule has 56 heavy (non-hydrogen) atoms. The normalized spacial score (nSPS) is 13.1. The van der Waals surface area contributed by atoms with E-state index in [1.165, 1.54) is 12.5 Å². The van der Waals surface area contributed by atoms with Gasteiger partial charge in [0, 0.05) is 19.3 Å². The van der Waals surface area contributed by atoms with Crippen LogP contribution in [-0.2, 0) is 51.2 Å². The van der Waals surface area contributed by atoms with Crippen LogP contribution in [-0.4, -0.2) is 72.0 Å². The second-order valence-electron chi connectivity index (χ2n) is 13.6. The number of esters is 2. The first-order chi connectivity index (χ1) is 27.0. The number of carboxylic acid groups (broad SMARTS) is 1. The Hall–Kier alpha value is -4.99. The highest BCUT2D eigenvalue weighted by molar-refractivity contribution is 5.95. The van der Waals surface area contributed by atoms with Gasteiger partial charge in [0.15, 0.2) is 12.4 Å². The Labute approximate surface area is 331 Å². The number of allylic oxidation sites excluding steroid dienone is 1. The molecule has 0 radical (unpaired) electrons. The summed E-state index contributed by atoms with van der Waals surface area (Å²) in [6, 6.07) is 14.6. The first-order valence-electron chi connectivity index (χ1n) is 19.4. The van der Waals surface area contributed by atoms with Crippen LogP contribution in [0.4, 0.5) is 0 Å². The minimum Gasteiger partial charge on any atom is -0.481 e. The predicted molar refractivity (Wildman–Crippen MR) is 211 cm³/mol. The summed E-state index contributed by atoms with van der Waals surface area (Å²) in [5.74, 6) is -0.213. The number of ether oxygens (including phenoxy) is 4. The molecule has 0 aliphatic heterocycles. The first kappa shape index (κ1) is 47.2. The molecule has 3 atom stereocenters. The molecule has 0 saturated carbocycles. The number of carbonyl (C=O) groups excluding carboxylic acids is 4. The molecule has 2 rings (SSSR count). The maximum absolute atomic E-state index is 13.9. The van der Waals surface area contributed by atoms with Crippen molar-refractivity contribution in [2.45, 2.75) is 122 Å². The predicted octanol–water partition coefficient (Wildman–Crippen LogP) is 6.65. The summed E-state index contributed by atoms with van der Waals surface area (Å²) >= 11 is 0. The van der Waals surface area contributed by atoms with Gasteiger partial charge in [0.1, 0.15) is 24.2 Å². The lowest BCUT2D eigenvalue weighted by Crippen LogP contribution is -2.55. The number of aliphatic hydroxyl groups is 1. The van der Waals surface area contributed by atoms with Crippen molar-refractivity contribution in [1.29, 1.82) is 0 Å². The Morgan fingerprint density at radius 1 is 0.875 bits per heavy atom. The Kier molecular flexibility index (Phi) is 23.2. The molecule has 2 aromatic rings. The Morgan fingerprint density at radius 2 is 1.54 bits per heavy atom. The van der Waals surface area contributed by atoms with Gasteiger partial charge in [0.25, 0.3) is 0 Å². The first-order valence-corrected chi connectivity index (χ1v) is 19.4. The number of ketones is 1. The minimum absolute atomic E-state index is 0.0302. The maximum atomic E-state index is 13.9. The lowest BCUT2D eigenvalue weighted by Gasteiger charge is -2.30. The Morgan fingerprint density at radius 3 is 2.16 bits per heavy atom. The molecule has 0 aliphatic rings. The molecule has 2 aromatic carbocycles. The lowest BCUT2D eigenvalue weighted by atomic mass is 9.82. The fraction of sp³-hybridized carbons (Fsp3) is 0.523. The number of benzene rings is 2. The van der Waals surface area contributed by atoms with Crippen molar-refractivity contribution >= 4 is 29.6 Å². The topological polar surface area (TPSA) is 175 Å². The zero-order valence-corrected chi connectivity index (χ0v) is 33.1. The largest absolute Gasteiger partial charge is 0.481 e. The number of hydrogen-bond acceptors (Lipinski definition) is 10. The van der Waals surface area contributed by atoms with Crippen molar-refractivity contribution in [1.82, 2.24) is 5.32 Å². The van der Waals surface area contributed by atoms with Gasteiger partial charge in [-0.3, -0.25) is 14.4 Å². The fourth-order valence-corrected chi connectivity index (χ4v) is 5.86. The zero-order chi connectivity index (χ0) is 41.0. The molecule has 0 spiro atoms. The van der Waals surface area contributed by atoms with Gasteiger partial charge in [-0.05, 0) is 55.9 Å². The van der Waals surface area contributed by atoms with Crippen molar-refractivity contribution in [3.05, 3.63) is 77.9 Å². The van der Waals surface area contributed by atoms with E-state index in [9.17, 15) is 34.2 Å². The number of methoxy groups -OCH3 is 1. The quantitative estimate of drug-likeness (QED) is 0.0265. The second kappa shape index (κ2) is 27.6. The van der Waals surface area contributed by atoms with Crippen molar-refractivity contribution in [2.75, 3.05) is 20.5 Å². The van der Waals surface area contributed by atoms with Crippen LogP contribution in [0.1, 0.15) is 108 Å². The van der Waals surface area contributed by atoms with E-state index in [1.807, 2.05) is 30.3 Å². The fourth-order valence-electron chi connectivity index (χ4n) is 5.86. The number of unbranched alkanes of at least 4 members (excludes halogenated alkanes) is 8. The average molecular weight is 778 g/mol. The molecule has 12 nitrogen and oxygen atoms in total. The SMILES string of the molecule is CC#CCOc1ccc(C[C@H](NC(=O)[C@@H](C=CCCCCCCC(=O)CCCCCCC)[C@@](O)(CC(=O)OCOCc2ccccc2)C(=O)O)C(=O)OC)cc1. The summed E-state index contributed by atoms with van der Waals surface area (Å²) in [6.45, 7) is 3.67. The number of rotatable bonds is 29. The van der Waals surface area contributed by atoms with Crippen LogP contribution < -0.4 is 10.1 Å². The van der Waals surface area contributed by atoms with Gasteiger partial charge in [0.05, 0.1) is 26.1 Å². The highest BCUT2D eigenvalue weighted by Crippen LogP contribution is 2.27. The molecule has 306 valence electrons. The average Bonchev–Trinajstić information content (AvgIpc) is 3.19. The van der Waals surface area contributed by atoms with Crippen LogP contribution in [0.5, 0.6) is 5.75 Å². The number of hydrogen-bond donors (Lipinski definition) is 3. The van der Waals surface area contributed by atoms with Gasteiger partial charge in [-0.25, -0.2) is 9.59 Å². The van der Waals surface area contributed by atoms with Gasteiger partial charge in [0.2, 0.25) is 5.91 Å². The number of aliphatic carboxylic acids is 1. The van der Waals surface area contributed by atoms with E-state index in [2.05, 4.69) is 24.1 Å². The standard InChI is InChI=1S/C44H59NO11/c1-4-6-8-11-17-22-36(46)23-18-12-9-10-13-19-24-38(44(52,43(50)51)31-40(47)56-33-54-32-35-20-15-14-16-21-35)41(48)45-39(42(49)53-3)30-34-25-27-37(28-26-34)55-29-7-5-2/h14-16,19-21,24-28,38-39,52H,4,6,8-13,17-18,22-23,29-33H2,1-3H3,(H,45,48)(H,50,51)/t38-,39+,44+/m1/s1. The molecule has 0 aliphatic carbocycles. The second-order valence-corrected chi connectivity index (χ2v) is 13.6. The Bertz CT molecular complexity index is 1580. The van der Waals surface area contributed by atoms with Gasteiger partial charge in [-0.2, -0.15) is 0 Å². The van der Waals surface area contributed by atoms with Crippen LogP contribution in [0.3, 0.4) is 0 Å².